The van der Waals surface area contributed by atoms with E-state index in [1.165, 1.54) is 0 Å². The lowest BCUT2D eigenvalue weighted by Crippen LogP contribution is -2.59. The molecule has 1 aromatic heterocycles. The van der Waals surface area contributed by atoms with E-state index in [1.54, 1.807) is 15.8 Å². The van der Waals surface area contributed by atoms with Crippen molar-refractivity contribution in [3.05, 3.63) is 18.0 Å². The van der Waals surface area contributed by atoms with Crippen LogP contribution in [0.3, 0.4) is 0 Å². The van der Waals surface area contributed by atoms with Crippen LogP contribution in [-0.4, -0.2) is 57.0 Å². The standard InChI is InChI=1S/C16H22F2N4O2/c1-11(2)5-14(23)20-7-12-3-4-19-22(12)13(8-20)6-15(24)21-9-16(17,18)10-21/h3-4,11,13H,5-10H2,1-2H3/t13-/m1/s1. The Kier molecular flexibility index (Phi) is 4.31. The third-order valence-electron chi connectivity index (χ3n) is 4.43. The first-order chi connectivity index (χ1) is 11.2. The zero-order chi connectivity index (χ0) is 17.5. The molecule has 0 bridgehead atoms. The van der Waals surface area contributed by atoms with E-state index in [1.807, 2.05) is 19.9 Å². The van der Waals surface area contributed by atoms with E-state index in [0.717, 1.165) is 10.6 Å². The Bertz CT molecular complexity index is 636. The summed E-state index contributed by atoms with van der Waals surface area (Å²) in [4.78, 5) is 27.5. The predicted octanol–water partition coefficient (Wildman–Crippen LogP) is 1.68. The van der Waals surface area contributed by atoms with Crippen molar-refractivity contribution >= 4 is 11.8 Å². The van der Waals surface area contributed by atoms with Gasteiger partial charge in [0.15, 0.2) is 0 Å². The van der Waals surface area contributed by atoms with Crippen molar-refractivity contribution in [3.8, 4) is 0 Å². The quantitative estimate of drug-likeness (QED) is 0.838. The maximum absolute atomic E-state index is 12.9. The Hall–Kier alpha value is -1.99. The molecule has 2 amide bonds. The number of aromatic nitrogens is 2. The van der Waals surface area contributed by atoms with E-state index in [0.29, 0.717) is 19.5 Å². The zero-order valence-electron chi connectivity index (χ0n) is 13.9. The number of rotatable bonds is 4. The van der Waals surface area contributed by atoms with Crippen molar-refractivity contribution in [1.29, 1.82) is 0 Å². The fourth-order valence-corrected chi connectivity index (χ4v) is 3.23. The van der Waals surface area contributed by atoms with E-state index in [2.05, 4.69) is 5.10 Å². The molecule has 2 aliphatic rings. The van der Waals surface area contributed by atoms with Crippen molar-refractivity contribution in [2.24, 2.45) is 5.92 Å². The summed E-state index contributed by atoms with van der Waals surface area (Å²) in [6, 6.07) is 1.52. The third-order valence-corrected chi connectivity index (χ3v) is 4.43. The van der Waals surface area contributed by atoms with Crippen molar-refractivity contribution in [1.82, 2.24) is 19.6 Å². The zero-order valence-corrected chi connectivity index (χ0v) is 13.9. The highest BCUT2D eigenvalue weighted by Crippen LogP contribution is 2.30. The SMILES string of the molecule is CC(C)CC(=O)N1Cc2ccnn2[C@H](CC(=O)N2CC(F)(F)C2)C1. The number of hydrogen-bond donors (Lipinski definition) is 0. The molecule has 6 nitrogen and oxygen atoms in total. The molecule has 1 saturated heterocycles. The Morgan fingerprint density at radius 2 is 2.00 bits per heavy atom. The summed E-state index contributed by atoms with van der Waals surface area (Å²) in [5.74, 6) is -2.78. The van der Waals surface area contributed by atoms with Crippen molar-refractivity contribution in [3.63, 3.8) is 0 Å². The van der Waals surface area contributed by atoms with Crippen LogP contribution in [0.5, 0.6) is 0 Å². The molecule has 0 spiro atoms. The van der Waals surface area contributed by atoms with Crippen LogP contribution >= 0.6 is 0 Å². The van der Waals surface area contributed by atoms with Crippen LogP contribution in [0.2, 0.25) is 0 Å². The number of alkyl halides is 2. The van der Waals surface area contributed by atoms with E-state index in [9.17, 15) is 18.4 Å². The summed E-state index contributed by atoms with van der Waals surface area (Å²) in [6.07, 6.45) is 2.17. The van der Waals surface area contributed by atoms with Crippen molar-refractivity contribution in [2.75, 3.05) is 19.6 Å². The molecule has 132 valence electrons. The van der Waals surface area contributed by atoms with Crippen LogP contribution in [-0.2, 0) is 16.1 Å². The first-order valence-electron chi connectivity index (χ1n) is 8.21. The van der Waals surface area contributed by atoms with E-state index >= 15 is 0 Å². The van der Waals surface area contributed by atoms with Gasteiger partial charge in [0.25, 0.3) is 5.92 Å². The Balaban J connectivity index is 1.68. The molecule has 0 N–H and O–H groups in total. The van der Waals surface area contributed by atoms with Crippen LogP contribution in [0, 0.1) is 5.92 Å². The average Bonchev–Trinajstić information content (AvgIpc) is 2.92. The third kappa shape index (κ3) is 3.42. The maximum Gasteiger partial charge on any atom is 0.282 e. The topological polar surface area (TPSA) is 58.4 Å². The second-order valence-electron chi connectivity index (χ2n) is 7.10. The molecule has 0 aromatic carbocycles. The van der Waals surface area contributed by atoms with Gasteiger partial charge in [-0.25, -0.2) is 8.78 Å². The molecular weight excluding hydrogens is 318 g/mol. The predicted molar refractivity (Wildman–Crippen MR) is 82.3 cm³/mol. The molecular formula is C16H22F2N4O2. The highest BCUT2D eigenvalue weighted by molar-refractivity contribution is 5.79. The fraction of sp³-hybridized carbons (Fsp3) is 0.688. The molecule has 0 radical (unpaired) electrons. The number of likely N-dealkylation sites (tertiary alicyclic amines) is 1. The molecule has 24 heavy (non-hydrogen) atoms. The molecule has 0 unspecified atom stereocenters. The molecule has 0 aliphatic carbocycles. The van der Waals surface area contributed by atoms with Gasteiger partial charge in [0, 0.05) is 19.2 Å². The summed E-state index contributed by atoms with van der Waals surface area (Å²) in [7, 11) is 0. The summed E-state index contributed by atoms with van der Waals surface area (Å²) in [5.41, 5.74) is 0.866. The molecule has 2 aliphatic heterocycles. The minimum Gasteiger partial charge on any atom is -0.335 e. The van der Waals surface area contributed by atoms with Gasteiger partial charge in [0.2, 0.25) is 11.8 Å². The molecule has 8 heteroatoms. The molecule has 3 rings (SSSR count). The summed E-state index contributed by atoms with van der Waals surface area (Å²) >= 11 is 0. The molecule has 0 saturated carbocycles. The van der Waals surface area contributed by atoms with Crippen LogP contribution < -0.4 is 0 Å². The molecule has 1 atom stereocenters. The number of hydrogen-bond acceptors (Lipinski definition) is 3. The Morgan fingerprint density at radius 3 is 2.62 bits per heavy atom. The van der Waals surface area contributed by atoms with Gasteiger partial charge in [-0.05, 0) is 12.0 Å². The smallest absolute Gasteiger partial charge is 0.282 e. The fourth-order valence-electron chi connectivity index (χ4n) is 3.23. The van der Waals surface area contributed by atoms with Crippen LogP contribution in [0.1, 0.15) is 38.4 Å². The Labute approximate surface area is 139 Å². The van der Waals surface area contributed by atoms with E-state index in [4.69, 9.17) is 0 Å². The van der Waals surface area contributed by atoms with Crippen LogP contribution in [0.4, 0.5) is 8.78 Å². The highest BCUT2D eigenvalue weighted by atomic mass is 19.3. The number of halogens is 2. The lowest BCUT2D eigenvalue weighted by Gasteiger charge is -2.40. The van der Waals surface area contributed by atoms with Crippen LogP contribution in [0.15, 0.2) is 12.3 Å². The second-order valence-corrected chi connectivity index (χ2v) is 7.10. The number of carbonyl (C=O) groups is 2. The van der Waals surface area contributed by atoms with Gasteiger partial charge in [-0.3, -0.25) is 14.3 Å². The monoisotopic (exact) mass is 340 g/mol. The molecule has 1 aromatic rings. The largest absolute Gasteiger partial charge is 0.335 e. The summed E-state index contributed by atoms with van der Waals surface area (Å²) in [6.45, 7) is 3.80. The lowest BCUT2D eigenvalue weighted by atomic mass is 10.0. The second kappa shape index (κ2) is 6.14. The van der Waals surface area contributed by atoms with Crippen LogP contribution in [0.25, 0.3) is 0 Å². The number of nitrogens with zero attached hydrogens (tertiary/aromatic N) is 4. The first-order valence-corrected chi connectivity index (χ1v) is 8.21. The van der Waals surface area contributed by atoms with Gasteiger partial charge in [0.05, 0.1) is 37.8 Å². The van der Waals surface area contributed by atoms with Gasteiger partial charge >= 0.3 is 0 Å². The summed E-state index contributed by atoms with van der Waals surface area (Å²) < 4.78 is 27.6. The number of amides is 2. The minimum absolute atomic E-state index is 0.0467. The van der Waals surface area contributed by atoms with Gasteiger partial charge in [-0.2, -0.15) is 5.10 Å². The van der Waals surface area contributed by atoms with Gasteiger partial charge in [-0.15, -0.1) is 0 Å². The van der Waals surface area contributed by atoms with Crippen molar-refractivity contribution in [2.45, 2.75) is 45.2 Å². The van der Waals surface area contributed by atoms with Gasteiger partial charge in [-0.1, -0.05) is 13.8 Å². The first kappa shape index (κ1) is 16.9. The lowest BCUT2D eigenvalue weighted by molar-refractivity contribution is -0.166. The van der Waals surface area contributed by atoms with E-state index in [-0.39, 0.29) is 30.2 Å². The molecule has 3 heterocycles. The number of carbonyl (C=O) groups excluding carboxylic acids is 2. The minimum atomic E-state index is -2.77. The van der Waals surface area contributed by atoms with Gasteiger partial charge < -0.3 is 9.80 Å². The van der Waals surface area contributed by atoms with Gasteiger partial charge in [0.1, 0.15) is 0 Å². The van der Waals surface area contributed by atoms with E-state index < -0.39 is 19.0 Å². The van der Waals surface area contributed by atoms with Crippen molar-refractivity contribution < 1.29 is 18.4 Å². The molecule has 1 fully saturated rings. The maximum atomic E-state index is 12.9. The Morgan fingerprint density at radius 1 is 1.29 bits per heavy atom. The average molecular weight is 340 g/mol. The summed E-state index contributed by atoms with van der Waals surface area (Å²) in [5, 5.41) is 4.24. The number of fused-ring (bicyclic) bond motifs is 1. The highest BCUT2D eigenvalue weighted by Gasteiger charge is 2.46. The normalized spacial score (nSPS) is 22.3.